The van der Waals surface area contributed by atoms with Gasteiger partial charge in [0.25, 0.3) is 0 Å². The second kappa shape index (κ2) is 7.47. The van der Waals surface area contributed by atoms with E-state index in [4.69, 9.17) is 23.2 Å². The van der Waals surface area contributed by atoms with Gasteiger partial charge in [-0.05, 0) is 30.9 Å². The van der Waals surface area contributed by atoms with Gasteiger partial charge in [-0.3, -0.25) is 4.90 Å². The maximum absolute atomic E-state index is 14.5. The molecule has 21 heavy (non-hydrogen) atoms. The van der Waals surface area contributed by atoms with Crippen LogP contribution in [0.25, 0.3) is 0 Å². The Bertz CT molecular complexity index is 488. The van der Waals surface area contributed by atoms with Crippen molar-refractivity contribution in [1.29, 1.82) is 0 Å². The first-order chi connectivity index (χ1) is 9.68. The van der Waals surface area contributed by atoms with Crippen LogP contribution in [-0.2, 0) is 0 Å². The van der Waals surface area contributed by atoms with Crippen molar-refractivity contribution in [2.75, 3.05) is 26.2 Å². The lowest BCUT2D eigenvalue weighted by molar-refractivity contribution is 0.0813. The largest absolute Gasteiger partial charge is 0.314 e. The van der Waals surface area contributed by atoms with Gasteiger partial charge in [-0.1, -0.05) is 29.6 Å². The Balaban J connectivity index is 0.00000161. The average Bonchev–Trinajstić information content (AvgIpc) is 2.41. The Morgan fingerprint density at radius 1 is 1.14 bits per heavy atom. The molecule has 1 aromatic rings. The van der Waals surface area contributed by atoms with Crippen LogP contribution in [0.1, 0.15) is 30.9 Å². The summed E-state index contributed by atoms with van der Waals surface area (Å²) in [5, 5.41) is 4.01. The van der Waals surface area contributed by atoms with Crippen molar-refractivity contribution in [3.63, 3.8) is 0 Å². The van der Waals surface area contributed by atoms with E-state index in [-0.39, 0.29) is 29.3 Å². The van der Waals surface area contributed by atoms with Crippen LogP contribution in [0.15, 0.2) is 12.1 Å². The molecule has 0 aromatic heterocycles. The Morgan fingerprint density at radius 2 is 1.76 bits per heavy atom. The van der Waals surface area contributed by atoms with E-state index < -0.39 is 0 Å². The van der Waals surface area contributed by atoms with Gasteiger partial charge >= 0.3 is 0 Å². The zero-order valence-corrected chi connectivity index (χ0v) is 14.1. The fraction of sp³-hybridized carbons (Fsp3) is 0.600. The van der Waals surface area contributed by atoms with E-state index in [0.29, 0.717) is 16.5 Å². The zero-order valence-electron chi connectivity index (χ0n) is 11.7. The van der Waals surface area contributed by atoms with Gasteiger partial charge in [-0.25, -0.2) is 4.39 Å². The molecule has 1 aliphatic heterocycles. The van der Waals surface area contributed by atoms with Gasteiger partial charge in [0.15, 0.2) is 0 Å². The van der Waals surface area contributed by atoms with E-state index in [0.717, 1.165) is 39.0 Å². The molecule has 0 bridgehead atoms. The highest BCUT2D eigenvalue weighted by Crippen LogP contribution is 2.45. The topological polar surface area (TPSA) is 15.3 Å². The number of nitrogens with one attached hydrogen (secondary N) is 1. The molecule has 0 amide bonds. The van der Waals surface area contributed by atoms with Crippen LogP contribution in [0.3, 0.4) is 0 Å². The second-order valence-electron chi connectivity index (χ2n) is 5.68. The predicted molar refractivity (Wildman–Crippen MR) is 88.2 cm³/mol. The monoisotopic (exact) mass is 352 g/mol. The molecule has 0 radical (unpaired) electrons. The van der Waals surface area contributed by atoms with Crippen LogP contribution in [-0.4, -0.2) is 31.1 Å². The highest BCUT2D eigenvalue weighted by Gasteiger charge is 2.36. The third kappa shape index (κ3) is 3.48. The summed E-state index contributed by atoms with van der Waals surface area (Å²) in [4.78, 5) is 2.36. The van der Waals surface area contributed by atoms with Crippen LogP contribution in [0, 0.1) is 11.7 Å². The summed E-state index contributed by atoms with van der Waals surface area (Å²) in [5.41, 5.74) is 0.603. The molecule has 1 saturated heterocycles. The summed E-state index contributed by atoms with van der Waals surface area (Å²) >= 11 is 12.3. The van der Waals surface area contributed by atoms with E-state index in [1.165, 1.54) is 12.5 Å². The van der Waals surface area contributed by atoms with Crippen molar-refractivity contribution >= 4 is 35.6 Å². The first-order valence-electron chi connectivity index (χ1n) is 7.26. The molecule has 1 atom stereocenters. The summed E-state index contributed by atoms with van der Waals surface area (Å²) in [7, 11) is 0. The maximum Gasteiger partial charge on any atom is 0.148 e. The molecule has 118 valence electrons. The van der Waals surface area contributed by atoms with Crippen molar-refractivity contribution in [2.24, 2.45) is 5.92 Å². The Kier molecular flexibility index (Phi) is 6.15. The quantitative estimate of drug-likeness (QED) is 0.815. The smallest absolute Gasteiger partial charge is 0.148 e. The molecular weight excluding hydrogens is 334 g/mol. The lowest BCUT2D eigenvalue weighted by Gasteiger charge is -2.43. The summed E-state index contributed by atoms with van der Waals surface area (Å²) in [6, 6.07) is 3.33. The molecule has 1 saturated carbocycles. The summed E-state index contributed by atoms with van der Waals surface area (Å²) in [5.74, 6) is 0.160. The summed E-state index contributed by atoms with van der Waals surface area (Å²) < 4.78 is 14.5. The number of hydrogen-bond donors (Lipinski definition) is 1. The van der Waals surface area contributed by atoms with Crippen LogP contribution in [0.4, 0.5) is 4.39 Å². The highest BCUT2D eigenvalue weighted by atomic mass is 35.5. The molecule has 1 heterocycles. The molecule has 0 spiro atoms. The minimum absolute atomic E-state index is 0. The number of halogens is 4. The molecule has 2 nitrogen and oxygen atoms in total. The van der Waals surface area contributed by atoms with Gasteiger partial charge in [-0.15, -0.1) is 12.4 Å². The average molecular weight is 354 g/mol. The van der Waals surface area contributed by atoms with Gasteiger partial charge in [0.05, 0.1) is 5.02 Å². The number of piperazine rings is 1. The Labute approximate surface area is 141 Å². The van der Waals surface area contributed by atoms with E-state index in [1.54, 1.807) is 6.07 Å². The lowest BCUT2D eigenvalue weighted by atomic mass is 9.76. The molecule has 0 unspecified atom stereocenters. The van der Waals surface area contributed by atoms with Crippen LogP contribution < -0.4 is 5.32 Å². The van der Waals surface area contributed by atoms with E-state index in [2.05, 4.69) is 10.2 Å². The standard InChI is InChI=1S/C15H19Cl2FN2.ClH/c16-11-4-5-12(17)14(18)13(11)15(10-2-1-3-10)20-8-6-19-7-9-20;/h4-5,10,15,19H,1-3,6-9H2;1H/t15-;/m0./s1. The first-order valence-corrected chi connectivity index (χ1v) is 8.02. The Hall–Kier alpha value is -0.0600. The van der Waals surface area contributed by atoms with Gasteiger partial charge in [0.2, 0.25) is 0 Å². The van der Waals surface area contributed by atoms with Crippen LogP contribution in [0.2, 0.25) is 10.0 Å². The van der Waals surface area contributed by atoms with Gasteiger partial charge in [0.1, 0.15) is 5.82 Å². The molecule has 1 aliphatic carbocycles. The molecular formula is C15H20Cl3FN2. The van der Waals surface area contributed by atoms with Crippen LogP contribution in [0.5, 0.6) is 0 Å². The summed E-state index contributed by atoms with van der Waals surface area (Å²) in [6.45, 7) is 3.76. The fourth-order valence-electron chi connectivity index (χ4n) is 3.25. The molecule has 2 aliphatic rings. The number of benzene rings is 1. The van der Waals surface area contributed by atoms with Gasteiger partial charge < -0.3 is 5.32 Å². The molecule has 2 fully saturated rings. The molecule has 1 N–H and O–H groups in total. The van der Waals surface area contributed by atoms with E-state index in [9.17, 15) is 4.39 Å². The lowest BCUT2D eigenvalue weighted by Crippen LogP contribution is -2.48. The Morgan fingerprint density at radius 3 is 2.33 bits per heavy atom. The highest BCUT2D eigenvalue weighted by molar-refractivity contribution is 6.33. The third-order valence-electron chi connectivity index (χ3n) is 4.52. The normalized spacial score (nSPS) is 21.5. The second-order valence-corrected chi connectivity index (χ2v) is 6.49. The molecule has 6 heteroatoms. The van der Waals surface area contributed by atoms with Crippen molar-refractivity contribution in [1.82, 2.24) is 10.2 Å². The van der Waals surface area contributed by atoms with Gasteiger partial charge in [0, 0.05) is 42.8 Å². The first kappa shape index (κ1) is 17.3. The van der Waals surface area contributed by atoms with Crippen molar-refractivity contribution < 1.29 is 4.39 Å². The third-order valence-corrected chi connectivity index (χ3v) is 5.14. The van der Waals surface area contributed by atoms with E-state index >= 15 is 0 Å². The SMILES string of the molecule is Cl.Fc1c(Cl)ccc(Cl)c1[C@H](C1CCC1)N1CCNCC1. The van der Waals surface area contributed by atoms with Crippen LogP contribution >= 0.6 is 35.6 Å². The summed E-state index contributed by atoms with van der Waals surface area (Å²) in [6.07, 6.45) is 3.53. The van der Waals surface area contributed by atoms with Gasteiger partial charge in [-0.2, -0.15) is 0 Å². The molecule has 3 rings (SSSR count). The maximum atomic E-state index is 14.5. The minimum atomic E-state index is -0.338. The van der Waals surface area contributed by atoms with Crippen molar-refractivity contribution in [3.8, 4) is 0 Å². The minimum Gasteiger partial charge on any atom is -0.314 e. The predicted octanol–water partition coefficient (Wildman–Crippen LogP) is 4.30. The number of rotatable bonds is 3. The van der Waals surface area contributed by atoms with Crippen molar-refractivity contribution in [3.05, 3.63) is 33.6 Å². The van der Waals surface area contributed by atoms with Crippen molar-refractivity contribution in [2.45, 2.75) is 25.3 Å². The zero-order chi connectivity index (χ0) is 14.1. The number of hydrogen-bond acceptors (Lipinski definition) is 2. The van der Waals surface area contributed by atoms with E-state index in [1.807, 2.05) is 0 Å². The fourth-order valence-corrected chi connectivity index (χ4v) is 3.67. The number of nitrogens with zero attached hydrogens (tertiary/aromatic N) is 1. The molecule has 1 aromatic carbocycles.